The van der Waals surface area contributed by atoms with E-state index in [9.17, 15) is 18.3 Å². The van der Waals surface area contributed by atoms with Crippen LogP contribution in [-0.2, 0) is 6.18 Å². The van der Waals surface area contributed by atoms with Gasteiger partial charge in [0.2, 0.25) is 5.95 Å². The van der Waals surface area contributed by atoms with Gasteiger partial charge in [0.15, 0.2) is 0 Å². The van der Waals surface area contributed by atoms with E-state index in [2.05, 4.69) is 20.0 Å². The molecule has 0 radical (unpaired) electrons. The van der Waals surface area contributed by atoms with Crippen LogP contribution < -0.4 is 14.9 Å². The first kappa shape index (κ1) is 21.7. The minimum Gasteiger partial charge on any atom is -0.388 e. The Labute approximate surface area is 172 Å². The van der Waals surface area contributed by atoms with Gasteiger partial charge in [-0.3, -0.25) is 4.72 Å². The number of halogens is 3. The van der Waals surface area contributed by atoms with Gasteiger partial charge in [0.05, 0.1) is 5.60 Å². The van der Waals surface area contributed by atoms with Crippen molar-refractivity contribution in [1.82, 2.24) is 14.7 Å². The van der Waals surface area contributed by atoms with Crippen molar-refractivity contribution >= 4 is 29.4 Å². The molecule has 1 aliphatic rings. The highest BCUT2D eigenvalue weighted by molar-refractivity contribution is 7.97. The zero-order chi connectivity index (χ0) is 21.2. The Balaban J connectivity index is 1.93. The minimum absolute atomic E-state index is 0.0790. The highest BCUT2D eigenvalue weighted by Crippen LogP contribution is 2.37. The van der Waals surface area contributed by atoms with Gasteiger partial charge in [0, 0.05) is 29.9 Å². The fraction of sp³-hybridized carbons (Fsp3) is 0.474. The summed E-state index contributed by atoms with van der Waals surface area (Å²) in [4.78, 5) is 10.6. The number of nitrogens with one attached hydrogen (secondary N) is 2. The Morgan fingerprint density at radius 3 is 2.69 bits per heavy atom. The molecule has 0 spiro atoms. The molecular formula is C19H24F3N5OS. The van der Waals surface area contributed by atoms with Crippen LogP contribution in [0.5, 0.6) is 0 Å². The van der Waals surface area contributed by atoms with E-state index in [4.69, 9.17) is 0 Å². The normalized spacial score (nSPS) is 20.0. The predicted molar refractivity (Wildman–Crippen MR) is 108 cm³/mol. The van der Waals surface area contributed by atoms with E-state index in [0.29, 0.717) is 25.1 Å². The Hall–Kier alpha value is -2.04. The second-order valence-corrected chi connectivity index (χ2v) is 8.44. The number of piperidine rings is 1. The van der Waals surface area contributed by atoms with Crippen molar-refractivity contribution in [3.05, 3.63) is 35.5 Å². The van der Waals surface area contributed by atoms with Crippen molar-refractivity contribution in [2.24, 2.45) is 0 Å². The molecule has 29 heavy (non-hydrogen) atoms. The van der Waals surface area contributed by atoms with Crippen molar-refractivity contribution in [3.8, 4) is 0 Å². The Bertz CT molecular complexity index is 875. The van der Waals surface area contributed by atoms with Crippen LogP contribution in [-0.4, -0.2) is 40.8 Å². The molecule has 1 atom stereocenters. The lowest BCUT2D eigenvalue weighted by molar-refractivity contribution is -0.137. The maximum atomic E-state index is 13.5. The number of aromatic nitrogens is 2. The van der Waals surface area contributed by atoms with Gasteiger partial charge in [-0.25, -0.2) is 4.98 Å². The number of hydrogen-bond acceptors (Lipinski definition) is 7. The van der Waals surface area contributed by atoms with Crippen molar-refractivity contribution in [3.63, 3.8) is 0 Å². The molecular weight excluding hydrogens is 403 g/mol. The van der Waals surface area contributed by atoms with E-state index >= 15 is 0 Å². The Kier molecular flexibility index (Phi) is 6.25. The molecule has 3 N–H and O–H groups in total. The topological polar surface area (TPSA) is 73.3 Å². The van der Waals surface area contributed by atoms with E-state index in [1.54, 1.807) is 6.92 Å². The lowest BCUT2D eigenvalue weighted by Gasteiger charge is -2.38. The molecule has 1 fully saturated rings. The second kappa shape index (κ2) is 8.37. The molecule has 10 heteroatoms. The summed E-state index contributed by atoms with van der Waals surface area (Å²) in [5.74, 6) is -0.134. The van der Waals surface area contributed by atoms with Crippen LogP contribution in [0, 0.1) is 6.92 Å². The molecule has 1 aromatic heterocycles. The number of β-amino-alcohol motifs (C(OH)–C–C–N with tert-alkyl or cyclic N) is 1. The van der Waals surface area contributed by atoms with Gasteiger partial charge in [0.25, 0.3) is 0 Å². The quantitative estimate of drug-likeness (QED) is 0.620. The molecule has 0 saturated carbocycles. The summed E-state index contributed by atoms with van der Waals surface area (Å²) in [6.07, 6.45) is -2.66. The van der Waals surface area contributed by atoms with Crippen LogP contribution >= 0.6 is 11.9 Å². The van der Waals surface area contributed by atoms with E-state index in [1.807, 2.05) is 32.2 Å². The van der Waals surface area contributed by atoms with Crippen molar-refractivity contribution in [2.75, 3.05) is 30.4 Å². The van der Waals surface area contributed by atoms with Gasteiger partial charge >= 0.3 is 6.18 Å². The van der Waals surface area contributed by atoms with Gasteiger partial charge in [-0.1, -0.05) is 0 Å². The highest BCUT2D eigenvalue weighted by Gasteiger charge is 2.39. The van der Waals surface area contributed by atoms with E-state index in [-0.39, 0.29) is 18.3 Å². The van der Waals surface area contributed by atoms with E-state index in [1.165, 1.54) is 16.8 Å². The molecule has 158 valence electrons. The first-order valence-corrected chi connectivity index (χ1v) is 10.0. The van der Waals surface area contributed by atoms with Crippen molar-refractivity contribution in [2.45, 2.75) is 43.4 Å². The van der Waals surface area contributed by atoms with Crippen molar-refractivity contribution < 1.29 is 18.3 Å². The highest BCUT2D eigenvalue weighted by atomic mass is 32.2. The lowest BCUT2D eigenvalue weighted by atomic mass is 9.95. The third-order valence-electron chi connectivity index (χ3n) is 4.71. The zero-order valence-corrected chi connectivity index (χ0v) is 17.3. The maximum absolute atomic E-state index is 13.5. The monoisotopic (exact) mass is 427 g/mol. The number of hydrogen-bond donors (Lipinski definition) is 3. The summed E-state index contributed by atoms with van der Waals surface area (Å²) in [5.41, 5.74) is -0.340. The van der Waals surface area contributed by atoms with E-state index < -0.39 is 17.3 Å². The average molecular weight is 427 g/mol. The van der Waals surface area contributed by atoms with Crippen LogP contribution in [0.1, 0.15) is 30.9 Å². The fourth-order valence-electron chi connectivity index (χ4n) is 3.35. The average Bonchev–Trinajstić information content (AvgIpc) is 2.62. The number of nitrogens with zero attached hydrogens (tertiary/aromatic N) is 3. The lowest BCUT2D eigenvalue weighted by Crippen LogP contribution is -2.47. The van der Waals surface area contributed by atoms with Crippen LogP contribution in [0.2, 0.25) is 0 Å². The van der Waals surface area contributed by atoms with Gasteiger partial charge in [-0.15, -0.1) is 0 Å². The summed E-state index contributed by atoms with van der Waals surface area (Å²) in [6, 6.07) is 5.68. The molecule has 0 amide bonds. The maximum Gasteiger partial charge on any atom is 0.421 e. The molecule has 3 rings (SSSR count). The molecule has 2 aromatic rings. The molecule has 2 heterocycles. The predicted octanol–water partition coefficient (Wildman–Crippen LogP) is 4.13. The molecule has 1 aliphatic heterocycles. The number of rotatable bonds is 5. The van der Waals surface area contributed by atoms with Gasteiger partial charge in [0.1, 0.15) is 11.4 Å². The Morgan fingerprint density at radius 1 is 1.31 bits per heavy atom. The van der Waals surface area contributed by atoms with Gasteiger partial charge < -0.3 is 15.3 Å². The summed E-state index contributed by atoms with van der Waals surface area (Å²) in [6.45, 7) is 4.00. The van der Waals surface area contributed by atoms with Crippen LogP contribution in [0.3, 0.4) is 0 Å². The molecule has 0 aliphatic carbocycles. The zero-order valence-electron chi connectivity index (χ0n) is 16.5. The Morgan fingerprint density at radius 2 is 2.07 bits per heavy atom. The smallest absolute Gasteiger partial charge is 0.388 e. The summed E-state index contributed by atoms with van der Waals surface area (Å²) < 4.78 is 43.6. The van der Waals surface area contributed by atoms with E-state index in [0.717, 1.165) is 16.7 Å². The molecule has 1 aromatic carbocycles. The van der Waals surface area contributed by atoms with Gasteiger partial charge in [-0.2, -0.15) is 18.2 Å². The summed E-state index contributed by atoms with van der Waals surface area (Å²) in [7, 11) is 1.82. The fourth-order valence-corrected chi connectivity index (χ4v) is 3.96. The molecule has 1 unspecified atom stereocenters. The number of alkyl halides is 3. The second-order valence-electron chi connectivity index (χ2n) is 7.36. The first-order chi connectivity index (χ1) is 13.6. The van der Waals surface area contributed by atoms with Gasteiger partial charge in [-0.05, 0) is 69.4 Å². The third kappa shape index (κ3) is 5.31. The van der Waals surface area contributed by atoms with Crippen LogP contribution in [0.25, 0.3) is 0 Å². The number of aryl methyl sites for hydroxylation is 1. The standard InChI is InChI=1S/C19H24F3N5OS/c1-12-9-13(29-23-3)5-6-15(12)25-17-24-10-14(19(20,21)22)16(26-17)27-8-4-7-18(2,28)11-27/h5-6,9-10,23,28H,4,7-8,11H2,1-3H3,(H,24,25,26). The molecule has 1 saturated heterocycles. The molecule has 6 nitrogen and oxygen atoms in total. The minimum atomic E-state index is -4.58. The van der Waals surface area contributed by atoms with Crippen LogP contribution in [0.4, 0.5) is 30.6 Å². The van der Waals surface area contributed by atoms with Crippen LogP contribution in [0.15, 0.2) is 29.3 Å². The third-order valence-corrected chi connectivity index (χ3v) is 5.41. The number of aliphatic hydroxyl groups is 1. The summed E-state index contributed by atoms with van der Waals surface area (Å²) in [5, 5.41) is 13.3. The van der Waals surface area contributed by atoms with Crippen molar-refractivity contribution in [1.29, 1.82) is 0 Å². The number of anilines is 3. The SMILES string of the molecule is CNSc1ccc(Nc2ncc(C(F)(F)F)c(N3CCCC(C)(O)C3)n2)c(C)c1. The number of benzene rings is 1. The first-order valence-electron chi connectivity index (χ1n) is 9.22. The summed E-state index contributed by atoms with van der Waals surface area (Å²) >= 11 is 1.47. The largest absolute Gasteiger partial charge is 0.421 e. The molecule has 0 bridgehead atoms.